The molecule has 1 heteroatoms. The lowest BCUT2D eigenvalue weighted by atomic mass is 9.83. The van der Waals surface area contributed by atoms with Gasteiger partial charge in [-0.2, -0.15) is 0 Å². The van der Waals surface area contributed by atoms with E-state index < -0.39 is 0 Å². The van der Waals surface area contributed by atoms with Crippen molar-refractivity contribution in [1.29, 1.82) is 0 Å². The minimum atomic E-state index is 0.766. The minimum Gasteiger partial charge on any atom is -0.310 e. The molecule has 2 atom stereocenters. The van der Waals surface area contributed by atoms with Crippen LogP contribution in [0.25, 0.3) is 0 Å². The molecule has 0 bridgehead atoms. The molecular formula is C11H21N. The molecule has 0 saturated heterocycles. The first-order chi connectivity index (χ1) is 5.88. The van der Waals surface area contributed by atoms with Crippen LogP contribution in [-0.4, -0.2) is 12.6 Å². The van der Waals surface area contributed by atoms with E-state index in [4.69, 9.17) is 0 Å². The van der Waals surface area contributed by atoms with Crippen LogP contribution < -0.4 is 5.32 Å². The van der Waals surface area contributed by atoms with Gasteiger partial charge in [-0.25, -0.2) is 0 Å². The molecule has 1 fully saturated rings. The molecule has 1 saturated carbocycles. The van der Waals surface area contributed by atoms with E-state index in [1.165, 1.54) is 32.1 Å². The van der Waals surface area contributed by atoms with Gasteiger partial charge in [-0.15, -0.1) is 6.58 Å². The number of rotatable bonds is 4. The van der Waals surface area contributed by atoms with Crippen molar-refractivity contribution >= 4 is 0 Å². The van der Waals surface area contributed by atoms with Crippen LogP contribution in [0.2, 0.25) is 0 Å². The van der Waals surface area contributed by atoms with E-state index in [0.717, 1.165) is 18.5 Å². The smallest absolute Gasteiger partial charge is 0.0134 e. The van der Waals surface area contributed by atoms with Crippen LogP contribution in [0.1, 0.15) is 39.0 Å². The largest absolute Gasteiger partial charge is 0.310 e. The molecule has 1 nitrogen and oxygen atoms in total. The summed E-state index contributed by atoms with van der Waals surface area (Å²) >= 11 is 0. The Hall–Kier alpha value is -0.300. The van der Waals surface area contributed by atoms with Gasteiger partial charge in [-0.1, -0.05) is 32.3 Å². The number of nitrogens with one attached hydrogen (secondary N) is 1. The van der Waals surface area contributed by atoms with Gasteiger partial charge >= 0.3 is 0 Å². The van der Waals surface area contributed by atoms with Gasteiger partial charge in [-0.3, -0.25) is 0 Å². The fraction of sp³-hybridized carbons (Fsp3) is 0.818. The topological polar surface area (TPSA) is 12.0 Å². The molecule has 1 N–H and O–H groups in total. The highest BCUT2D eigenvalue weighted by Crippen LogP contribution is 2.26. The molecule has 0 amide bonds. The third-order valence-electron chi connectivity index (χ3n) is 2.96. The van der Waals surface area contributed by atoms with Gasteiger partial charge in [0.2, 0.25) is 0 Å². The quantitative estimate of drug-likeness (QED) is 0.635. The first kappa shape index (κ1) is 9.79. The van der Waals surface area contributed by atoms with Gasteiger partial charge in [0.25, 0.3) is 0 Å². The average Bonchev–Trinajstić information content (AvgIpc) is 2.15. The lowest BCUT2D eigenvalue weighted by Gasteiger charge is -2.31. The van der Waals surface area contributed by atoms with Gasteiger partial charge in [-0.05, 0) is 18.8 Å². The van der Waals surface area contributed by atoms with Crippen molar-refractivity contribution in [2.75, 3.05) is 6.54 Å². The van der Waals surface area contributed by atoms with Crippen molar-refractivity contribution in [1.82, 2.24) is 5.32 Å². The summed E-state index contributed by atoms with van der Waals surface area (Å²) in [6.45, 7) is 7.01. The fourth-order valence-corrected chi connectivity index (χ4v) is 2.20. The van der Waals surface area contributed by atoms with Gasteiger partial charge in [0.1, 0.15) is 0 Å². The van der Waals surface area contributed by atoms with Crippen molar-refractivity contribution < 1.29 is 0 Å². The summed E-state index contributed by atoms with van der Waals surface area (Å²) < 4.78 is 0. The van der Waals surface area contributed by atoms with Crippen molar-refractivity contribution in [3.05, 3.63) is 12.7 Å². The first-order valence-corrected chi connectivity index (χ1v) is 5.22. The zero-order chi connectivity index (χ0) is 8.81. The molecule has 12 heavy (non-hydrogen) atoms. The Bertz CT molecular complexity index is 131. The Kier molecular flexibility index (Phi) is 4.37. The molecule has 0 aromatic rings. The van der Waals surface area contributed by atoms with E-state index >= 15 is 0 Å². The van der Waals surface area contributed by atoms with E-state index in [-0.39, 0.29) is 0 Å². The van der Waals surface area contributed by atoms with Crippen LogP contribution >= 0.6 is 0 Å². The summed E-state index contributed by atoms with van der Waals surface area (Å²) in [4.78, 5) is 0. The van der Waals surface area contributed by atoms with E-state index in [2.05, 4.69) is 18.8 Å². The first-order valence-electron chi connectivity index (χ1n) is 5.22. The second kappa shape index (κ2) is 5.36. The molecule has 0 spiro atoms. The molecular weight excluding hydrogens is 146 g/mol. The summed E-state index contributed by atoms with van der Waals surface area (Å²) in [6, 6.07) is 0.766. The molecule has 0 aliphatic heterocycles. The Labute approximate surface area is 76.2 Å². The monoisotopic (exact) mass is 167 g/mol. The van der Waals surface area contributed by atoms with E-state index in [1.807, 2.05) is 6.08 Å². The maximum Gasteiger partial charge on any atom is 0.0134 e. The zero-order valence-corrected chi connectivity index (χ0v) is 8.18. The van der Waals surface area contributed by atoms with E-state index in [0.29, 0.717) is 0 Å². The third kappa shape index (κ3) is 2.63. The highest BCUT2D eigenvalue weighted by atomic mass is 14.9. The van der Waals surface area contributed by atoms with Crippen LogP contribution in [0.5, 0.6) is 0 Å². The molecule has 70 valence electrons. The van der Waals surface area contributed by atoms with Crippen molar-refractivity contribution in [2.24, 2.45) is 5.92 Å². The van der Waals surface area contributed by atoms with E-state index in [9.17, 15) is 0 Å². The van der Waals surface area contributed by atoms with Crippen LogP contribution in [0, 0.1) is 5.92 Å². The van der Waals surface area contributed by atoms with Gasteiger partial charge in [0.05, 0.1) is 0 Å². The molecule has 1 aliphatic carbocycles. The Morgan fingerprint density at radius 2 is 2.17 bits per heavy atom. The zero-order valence-electron chi connectivity index (χ0n) is 8.18. The molecule has 0 heterocycles. The van der Waals surface area contributed by atoms with Crippen molar-refractivity contribution in [3.63, 3.8) is 0 Å². The molecule has 0 radical (unpaired) electrons. The minimum absolute atomic E-state index is 0.766. The molecule has 0 aromatic carbocycles. The lowest BCUT2D eigenvalue weighted by molar-refractivity contribution is 0.262. The lowest BCUT2D eigenvalue weighted by Crippen LogP contribution is -2.38. The summed E-state index contributed by atoms with van der Waals surface area (Å²) in [6.07, 6.45) is 8.92. The summed E-state index contributed by atoms with van der Waals surface area (Å²) in [5.74, 6) is 0.915. The number of hydrogen-bond donors (Lipinski definition) is 1. The van der Waals surface area contributed by atoms with Gasteiger partial charge in [0.15, 0.2) is 0 Å². The van der Waals surface area contributed by atoms with Crippen LogP contribution in [0.3, 0.4) is 0 Å². The second-order valence-electron chi connectivity index (χ2n) is 3.76. The SMILES string of the molecule is C=CCNC1CCCCC1CC. The predicted molar refractivity (Wildman–Crippen MR) is 54.2 cm³/mol. The highest BCUT2D eigenvalue weighted by Gasteiger charge is 2.22. The maximum absolute atomic E-state index is 3.73. The summed E-state index contributed by atoms with van der Waals surface area (Å²) in [5, 5.41) is 3.55. The Morgan fingerprint density at radius 3 is 2.83 bits per heavy atom. The van der Waals surface area contributed by atoms with Crippen LogP contribution in [0.15, 0.2) is 12.7 Å². The van der Waals surface area contributed by atoms with Crippen LogP contribution in [0.4, 0.5) is 0 Å². The van der Waals surface area contributed by atoms with Crippen molar-refractivity contribution in [2.45, 2.75) is 45.1 Å². The maximum atomic E-state index is 3.73. The second-order valence-corrected chi connectivity index (χ2v) is 3.76. The molecule has 1 rings (SSSR count). The predicted octanol–water partition coefficient (Wildman–Crippen LogP) is 2.73. The highest BCUT2D eigenvalue weighted by molar-refractivity contribution is 4.82. The Morgan fingerprint density at radius 1 is 1.42 bits per heavy atom. The number of hydrogen-bond acceptors (Lipinski definition) is 1. The van der Waals surface area contributed by atoms with Gasteiger partial charge in [0, 0.05) is 12.6 Å². The summed E-state index contributed by atoms with van der Waals surface area (Å²) in [7, 11) is 0. The Balaban J connectivity index is 2.30. The molecule has 1 aliphatic rings. The molecule has 2 unspecified atom stereocenters. The van der Waals surface area contributed by atoms with Crippen molar-refractivity contribution in [3.8, 4) is 0 Å². The third-order valence-corrected chi connectivity index (χ3v) is 2.96. The standard InChI is InChI=1S/C11H21N/c1-3-9-12-11-8-6-5-7-10(11)4-2/h3,10-12H,1,4-9H2,2H3. The van der Waals surface area contributed by atoms with Crippen LogP contribution in [-0.2, 0) is 0 Å². The van der Waals surface area contributed by atoms with E-state index in [1.54, 1.807) is 0 Å². The fourth-order valence-electron chi connectivity index (χ4n) is 2.20. The normalized spacial score (nSPS) is 30.1. The van der Waals surface area contributed by atoms with Gasteiger partial charge < -0.3 is 5.32 Å². The average molecular weight is 167 g/mol. The summed E-state index contributed by atoms with van der Waals surface area (Å²) in [5.41, 5.74) is 0. The molecule has 0 aromatic heterocycles.